The van der Waals surface area contributed by atoms with Crippen molar-refractivity contribution in [2.24, 2.45) is 0 Å². The van der Waals surface area contributed by atoms with Crippen LogP contribution in [0.25, 0.3) is 11.1 Å². The van der Waals surface area contributed by atoms with Gasteiger partial charge in [-0.1, -0.05) is 62.4 Å². The first-order valence-electron chi connectivity index (χ1n) is 11.8. The van der Waals surface area contributed by atoms with E-state index in [2.05, 4.69) is 92.9 Å². The number of nitrogens with zero attached hydrogens (tertiary/aromatic N) is 4. The molecule has 0 aliphatic heterocycles. The van der Waals surface area contributed by atoms with Crippen molar-refractivity contribution < 1.29 is 9.59 Å². The molecule has 8 nitrogen and oxygen atoms in total. The minimum atomic E-state index is -0.228. The highest BCUT2D eigenvalue weighted by Crippen LogP contribution is 2.25. The van der Waals surface area contributed by atoms with Gasteiger partial charge in [0.1, 0.15) is 11.4 Å². The number of carbonyl (C=O) groups excluding carboxylic acids is 2. The summed E-state index contributed by atoms with van der Waals surface area (Å²) in [5, 5.41) is 5.83. The molecule has 182 valence electrons. The molecule has 0 fully saturated rings. The molecule has 4 rings (SSSR count). The van der Waals surface area contributed by atoms with Crippen molar-refractivity contribution in [1.82, 2.24) is 30.6 Å². The Bertz CT molecular complexity index is 1180. The SMILES string of the molecule is CC(CNC(=O)c1cnccn1)c1ccc(-c2ccc(C(C)CNC(=O)c3cnccn3)cc2)cc1. The largest absolute Gasteiger partial charge is 0.350 e. The molecule has 0 saturated heterocycles. The molecule has 2 aromatic carbocycles. The lowest BCUT2D eigenvalue weighted by molar-refractivity contribution is 0.0938. The topological polar surface area (TPSA) is 110 Å². The number of benzene rings is 2. The fourth-order valence-electron chi connectivity index (χ4n) is 3.75. The van der Waals surface area contributed by atoms with Crippen molar-refractivity contribution in [1.29, 1.82) is 0 Å². The summed E-state index contributed by atoms with van der Waals surface area (Å²) in [6.07, 6.45) is 9.00. The van der Waals surface area contributed by atoms with Crippen LogP contribution in [0, 0.1) is 0 Å². The van der Waals surface area contributed by atoms with Crippen molar-refractivity contribution in [3.63, 3.8) is 0 Å². The predicted molar refractivity (Wildman–Crippen MR) is 137 cm³/mol. The molecule has 0 aliphatic carbocycles. The number of aromatic nitrogens is 4. The van der Waals surface area contributed by atoms with Gasteiger partial charge >= 0.3 is 0 Å². The van der Waals surface area contributed by atoms with E-state index < -0.39 is 0 Å². The van der Waals surface area contributed by atoms with Crippen molar-refractivity contribution in [2.75, 3.05) is 13.1 Å². The Morgan fingerprint density at radius 3 is 1.36 bits per heavy atom. The van der Waals surface area contributed by atoms with Gasteiger partial charge in [0, 0.05) is 37.9 Å². The summed E-state index contributed by atoms with van der Waals surface area (Å²) in [4.78, 5) is 40.3. The summed E-state index contributed by atoms with van der Waals surface area (Å²) in [7, 11) is 0. The lowest BCUT2D eigenvalue weighted by atomic mass is 9.95. The van der Waals surface area contributed by atoms with E-state index in [4.69, 9.17) is 0 Å². The maximum Gasteiger partial charge on any atom is 0.271 e. The van der Waals surface area contributed by atoms with E-state index >= 15 is 0 Å². The van der Waals surface area contributed by atoms with E-state index in [1.807, 2.05) is 0 Å². The van der Waals surface area contributed by atoms with Gasteiger partial charge in [-0.2, -0.15) is 0 Å². The van der Waals surface area contributed by atoms with Crippen molar-refractivity contribution >= 4 is 11.8 Å². The zero-order valence-electron chi connectivity index (χ0n) is 20.3. The normalized spacial score (nSPS) is 12.4. The average Bonchev–Trinajstić information content (AvgIpc) is 2.95. The number of nitrogens with one attached hydrogen (secondary N) is 2. The number of hydrogen-bond acceptors (Lipinski definition) is 6. The second-order valence-corrected chi connectivity index (χ2v) is 8.65. The fraction of sp³-hybridized carbons (Fsp3) is 0.214. The molecule has 2 unspecified atom stereocenters. The van der Waals surface area contributed by atoms with E-state index in [-0.39, 0.29) is 23.7 Å². The zero-order valence-corrected chi connectivity index (χ0v) is 20.3. The number of amides is 2. The molecule has 2 aromatic heterocycles. The average molecular weight is 481 g/mol. The maximum atomic E-state index is 12.2. The lowest BCUT2D eigenvalue weighted by Gasteiger charge is -2.15. The third-order valence-corrected chi connectivity index (χ3v) is 6.02. The molecule has 36 heavy (non-hydrogen) atoms. The quantitative estimate of drug-likeness (QED) is 0.375. The standard InChI is InChI=1S/C28H28N6O2/c1-19(15-33-27(35)25-17-29-11-13-31-25)21-3-7-23(8-4-21)24-9-5-22(6-10-24)20(2)16-34-28(36)26-18-30-12-14-32-26/h3-14,17-20H,15-16H2,1-2H3,(H,33,35)(H,34,36). The molecule has 0 spiro atoms. The van der Waals surface area contributed by atoms with Crippen LogP contribution < -0.4 is 10.6 Å². The summed E-state index contributed by atoms with van der Waals surface area (Å²) in [6, 6.07) is 16.7. The summed E-state index contributed by atoms with van der Waals surface area (Å²) in [5.74, 6) is -0.150. The summed E-state index contributed by atoms with van der Waals surface area (Å²) >= 11 is 0. The molecular weight excluding hydrogens is 452 g/mol. The smallest absolute Gasteiger partial charge is 0.271 e. The van der Waals surface area contributed by atoms with Crippen LogP contribution >= 0.6 is 0 Å². The zero-order chi connectivity index (χ0) is 25.3. The number of rotatable bonds is 9. The Morgan fingerprint density at radius 2 is 1.03 bits per heavy atom. The monoisotopic (exact) mass is 480 g/mol. The van der Waals surface area contributed by atoms with Gasteiger partial charge in [-0.15, -0.1) is 0 Å². The van der Waals surface area contributed by atoms with E-state index in [9.17, 15) is 9.59 Å². The van der Waals surface area contributed by atoms with Crippen LogP contribution in [0.1, 0.15) is 57.8 Å². The van der Waals surface area contributed by atoms with E-state index in [1.54, 1.807) is 0 Å². The van der Waals surface area contributed by atoms with Gasteiger partial charge in [-0.05, 0) is 34.1 Å². The minimum absolute atomic E-state index is 0.153. The van der Waals surface area contributed by atoms with Gasteiger partial charge in [-0.25, -0.2) is 9.97 Å². The third-order valence-electron chi connectivity index (χ3n) is 6.02. The molecule has 0 aliphatic rings. The van der Waals surface area contributed by atoms with Crippen LogP contribution in [0.3, 0.4) is 0 Å². The van der Waals surface area contributed by atoms with E-state index in [0.717, 1.165) is 22.3 Å². The van der Waals surface area contributed by atoms with Gasteiger partial charge in [0.15, 0.2) is 0 Å². The van der Waals surface area contributed by atoms with Crippen LogP contribution in [-0.4, -0.2) is 44.8 Å². The summed E-state index contributed by atoms with van der Waals surface area (Å²) < 4.78 is 0. The van der Waals surface area contributed by atoms with Crippen LogP contribution in [0.5, 0.6) is 0 Å². The Morgan fingerprint density at radius 1 is 0.639 bits per heavy atom. The minimum Gasteiger partial charge on any atom is -0.350 e. The van der Waals surface area contributed by atoms with Gasteiger partial charge < -0.3 is 10.6 Å². The van der Waals surface area contributed by atoms with Gasteiger partial charge in [0.05, 0.1) is 12.4 Å². The molecule has 4 aromatic rings. The third kappa shape index (κ3) is 6.35. The first-order chi connectivity index (χ1) is 17.5. The number of carbonyl (C=O) groups is 2. The van der Waals surface area contributed by atoms with Crippen LogP contribution in [0.2, 0.25) is 0 Å². The van der Waals surface area contributed by atoms with Crippen LogP contribution in [0.15, 0.2) is 85.7 Å². The molecule has 0 saturated carbocycles. The van der Waals surface area contributed by atoms with Crippen LogP contribution in [-0.2, 0) is 0 Å². The Kier molecular flexibility index (Phi) is 8.08. The maximum absolute atomic E-state index is 12.2. The van der Waals surface area contributed by atoms with Gasteiger partial charge in [-0.3, -0.25) is 19.6 Å². The molecular formula is C28H28N6O2. The highest BCUT2D eigenvalue weighted by molar-refractivity contribution is 5.92. The fourth-order valence-corrected chi connectivity index (χ4v) is 3.75. The first kappa shape index (κ1) is 24.7. The molecule has 2 atom stereocenters. The predicted octanol–water partition coefficient (Wildman–Crippen LogP) is 4.00. The number of hydrogen-bond donors (Lipinski definition) is 2. The Balaban J connectivity index is 1.30. The summed E-state index contributed by atoms with van der Waals surface area (Å²) in [6.45, 7) is 5.17. The van der Waals surface area contributed by atoms with Crippen molar-refractivity contribution in [2.45, 2.75) is 25.7 Å². The lowest BCUT2D eigenvalue weighted by Crippen LogP contribution is -2.28. The molecule has 8 heteroatoms. The first-order valence-corrected chi connectivity index (χ1v) is 11.8. The molecule has 0 bridgehead atoms. The van der Waals surface area contributed by atoms with Gasteiger partial charge in [0.2, 0.25) is 0 Å². The second-order valence-electron chi connectivity index (χ2n) is 8.65. The van der Waals surface area contributed by atoms with E-state index in [0.29, 0.717) is 24.5 Å². The Labute approximate surface area is 210 Å². The second kappa shape index (κ2) is 11.8. The summed E-state index contributed by atoms with van der Waals surface area (Å²) in [5.41, 5.74) is 5.13. The molecule has 2 amide bonds. The highest BCUT2D eigenvalue weighted by atomic mass is 16.2. The molecule has 2 N–H and O–H groups in total. The molecule has 2 heterocycles. The van der Waals surface area contributed by atoms with Crippen molar-refractivity contribution in [3.05, 3.63) is 108 Å². The highest BCUT2D eigenvalue weighted by Gasteiger charge is 2.12. The molecule has 0 radical (unpaired) electrons. The van der Waals surface area contributed by atoms with E-state index in [1.165, 1.54) is 37.2 Å². The van der Waals surface area contributed by atoms with Crippen molar-refractivity contribution in [3.8, 4) is 11.1 Å². The Hall–Kier alpha value is -4.46. The van der Waals surface area contributed by atoms with Crippen LogP contribution in [0.4, 0.5) is 0 Å². The van der Waals surface area contributed by atoms with Gasteiger partial charge in [0.25, 0.3) is 11.8 Å².